The van der Waals surface area contributed by atoms with E-state index in [4.69, 9.17) is 0 Å². The molecule has 0 bridgehead atoms. The summed E-state index contributed by atoms with van der Waals surface area (Å²) in [5.74, 6) is 0.629. The molecule has 0 aliphatic carbocycles. The minimum Gasteiger partial charge on any atom is -0.357 e. The quantitative estimate of drug-likeness (QED) is 0.579. The molecule has 0 unspecified atom stereocenters. The van der Waals surface area contributed by atoms with Gasteiger partial charge in [-0.05, 0) is 52.0 Å². The van der Waals surface area contributed by atoms with Gasteiger partial charge in [-0.1, -0.05) is 15.9 Å². The van der Waals surface area contributed by atoms with Gasteiger partial charge in [-0.2, -0.15) is 0 Å². The maximum Gasteiger partial charge on any atom is 0.191 e. The first-order valence-corrected chi connectivity index (χ1v) is 9.54. The van der Waals surface area contributed by atoms with Crippen LogP contribution < -0.4 is 10.6 Å². The Hall–Kier alpha value is -1.08. The Bertz CT molecular complexity index is 602. The van der Waals surface area contributed by atoms with Gasteiger partial charge in [-0.3, -0.25) is 4.99 Å². The number of sulfone groups is 1. The highest BCUT2D eigenvalue weighted by Gasteiger charge is 2.35. The van der Waals surface area contributed by atoms with Crippen molar-refractivity contribution in [3.05, 3.63) is 28.7 Å². The predicted molar refractivity (Wildman–Crippen MR) is 95.1 cm³/mol. The molecule has 0 aliphatic rings. The van der Waals surface area contributed by atoms with E-state index < -0.39 is 14.6 Å². The number of guanidine groups is 1. The molecule has 124 valence electrons. The monoisotopic (exact) mass is 389 g/mol. The first-order chi connectivity index (χ1) is 10.2. The molecular weight excluding hydrogens is 366 g/mol. The van der Waals surface area contributed by atoms with Crippen LogP contribution in [-0.2, 0) is 9.84 Å². The Labute approximate surface area is 141 Å². The maximum absolute atomic E-state index is 12.8. The molecule has 0 fully saturated rings. The van der Waals surface area contributed by atoms with Gasteiger partial charge in [0.05, 0.1) is 16.2 Å². The van der Waals surface area contributed by atoms with Crippen molar-refractivity contribution < 1.29 is 8.42 Å². The summed E-state index contributed by atoms with van der Waals surface area (Å²) < 4.78 is 25.4. The SMILES string of the molecule is CCNC(=NCC(C)(C)S(=O)(=O)c1ccc(Br)cc1)NCC. The topological polar surface area (TPSA) is 70.6 Å². The Balaban J connectivity index is 3.01. The van der Waals surface area contributed by atoms with Crippen molar-refractivity contribution in [2.24, 2.45) is 4.99 Å². The molecule has 7 heteroatoms. The number of rotatable bonds is 6. The molecular formula is C15H24BrN3O2S. The number of hydrogen-bond donors (Lipinski definition) is 2. The smallest absolute Gasteiger partial charge is 0.191 e. The third kappa shape index (κ3) is 4.71. The van der Waals surface area contributed by atoms with E-state index >= 15 is 0 Å². The number of hydrogen-bond acceptors (Lipinski definition) is 3. The average Bonchev–Trinajstić information content (AvgIpc) is 2.45. The minimum atomic E-state index is -3.46. The van der Waals surface area contributed by atoms with Crippen LogP contribution in [0.2, 0.25) is 0 Å². The van der Waals surface area contributed by atoms with Gasteiger partial charge in [-0.25, -0.2) is 8.42 Å². The Morgan fingerprint density at radius 1 is 1.14 bits per heavy atom. The Kier molecular flexibility index (Phi) is 6.87. The highest BCUT2D eigenvalue weighted by Crippen LogP contribution is 2.26. The van der Waals surface area contributed by atoms with Crippen molar-refractivity contribution in [3.63, 3.8) is 0 Å². The number of halogens is 1. The van der Waals surface area contributed by atoms with Gasteiger partial charge in [0.1, 0.15) is 0 Å². The summed E-state index contributed by atoms with van der Waals surface area (Å²) in [6.45, 7) is 8.97. The van der Waals surface area contributed by atoms with Crippen LogP contribution in [0, 0.1) is 0 Å². The fourth-order valence-electron chi connectivity index (χ4n) is 1.80. The molecule has 0 atom stereocenters. The van der Waals surface area contributed by atoms with Crippen LogP contribution in [0.15, 0.2) is 38.6 Å². The standard InChI is InChI=1S/C15H24BrN3O2S/c1-5-17-14(18-6-2)19-11-15(3,4)22(20,21)13-9-7-12(16)8-10-13/h7-10H,5-6,11H2,1-4H3,(H2,17,18,19). The lowest BCUT2D eigenvalue weighted by Crippen LogP contribution is -2.40. The number of nitrogens with one attached hydrogen (secondary N) is 2. The molecule has 0 heterocycles. The van der Waals surface area contributed by atoms with Crippen LogP contribution in [0.4, 0.5) is 0 Å². The second-order valence-electron chi connectivity index (χ2n) is 5.44. The fraction of sp³-hybridized carbons (Fsp3) is 0.533. The molecule has 0 aromatic heterocycles. The van der Waals surface area contributed by atoms with Gasteiger partial charge in [0.25, 0.3) is 0 Å². The highest BCUT2D eigenvalue weighted by atomic mass is 79.9. The van der Waals surface area contributed by atoms with Crippen LogP contribution in [0.1, 0.15) is 27.7 Å². The number of benzene rings is 1. The molecule has 5 nitrogen and oxygen atoms in total. The molecule has 0 saturated carbocycles. The Morgan fingerprint density at radius 3 is 2.09 bits per heavy atom. The lowest BCUT2D eigenvalue weighted by Gasteiger charge is -2.23. The largest absolute Gasteiger partial charge is 0.357 e. The lowest BCUT2D eigenvalue weighted by atomic mass is 10.2. The Morgan fingerprint density at radius 2 is 1.64 bits per heavy atom. The zero-order valence-corrected chi connectivity index (χ0v) is 15.9. The maximum atomic E-state index is 12.8. The van der Waals surface area contributed by atoms with E-state index in [1.165, 1.54) is 0 Å². The van der Waals surface area contributed by atoms with Gasteiger partial charge in [0.15, 0.2) is 15.8 Å². The van der Waals surface area contributed by atoms with Crippen LogP contribution >= 0.6 is 15.9 Å². The minimum absolute atomic E-state index is 0.181. The van der Waals surface area contributed by atoms with Crippen molar-refractivity contribution in [2.75, 3.05) is 19.6 Å². The third-order valence-corrected chi connectivity index (χ3v) is 6.16. The fourth-order valence-corrected chi connectivity index (χ4v) is 3.43. The van der Waals surface area contributed by atoms with E-state index in [2.05, 4.69) is 31.6 Å². The summed E-state index contributed by atoms with van der Waals surface area (Å²) in [5.41, 5.74) is 0. The molecule has 0 saturated heterocycles. The zero-order valence-electron chi connectivity index (χ0n) is 13.5. The molecule has 1 aromatic rings. The molecule has 1 aromatic carbocycles. The first-order valence-electron chi connectivity index (χ1n) is 7.27. The van der Waals surface area contributed by atoms with E-state index in [9.17, 15) is 8.42 Å². The van der Waals surface area contributed by atoms with Gasteiger partial charge in [-0.15, -0.1) is 0 Å². The molecule has 0 amide bonds. The summed E-state index contributed by atoms with van der Waals surface area (Å²) in [6.07, 6.45) is 0. The first kappa shape index (κ1) is 19.0. The van der Waals surface area contributed by atoms with E-state index in [1.54, 1.807) is 38.1 Å². The summed E-state index contributed by atoms with van der Waals surface area (Å²) >= 11 is 3.31. The van der Waals surface area contributed by atoms with Gasteiger partial charge in [0.2, 0.25) is 0 Å². The molecule has 22 heavy (non-hydrogen) atoms. The predicted octanol–water partition coefficient (Wildman–Crippen LogP) is 2.58. The average molecular weight is 390 g/mol. The van der Waals surface area contributed by atoms with Gasteiger partial charge >= 0.3 is 0 Å². The second kappa shape index (κ2) is 7.97. The van der Waals surface area contributed by atoms with E-state index in [1.807, 2.05) is 13.8 Å². The second-order valence-corrected chi connectivity index (χ2v) is 8.94. The third-order valence-electron chi connectivity index (χ3n) is 3.16. The molecule has 1 rings (SSSR count). The highest BCUT2D eigenvalue weighted by molar-refractivity contribution is 9.10. The van der Waals surface area contributed by atoms with Crippen LogP contribution in [0.3, 0.4) is 0 Å². The van der Waals surface area contributed by atoms with Crippen molar-refractivity contribution in [2.45, 2.75) is 37.3 Å². The lowest BCUT2D eigenvalue weighted by molar-refractivity contribution is 0.548. The van der Waals surface area contributed by atoms with Gasteiger partial charge < -0.3 is 10.6 Å². The van der Waals surface area contributed by atoms with E-state index in [0.717, 1.165) is 17.6 Å². The van der Waals surface area contributed by atoms with Crippen LogP contribution in [-0.4, -0.2) is 38.8 Å². The van der Waals surface area contributed by atoms with E-state index in [0.29, 0.717) is 10.9 Å². The van der Waals surface area contributed by atoms with Crippen molar-refractivity contribution in [1.29, 1.82) is 0 Å². The van der Waals surface area contributed by atoms with Crippen molar-refractivity contribution in [1.82, 2.24) is 10.6 Å². The number of aliphatic imine (C=N–C) groups is 1. The summed E-state index contributed by atoms with van der Waals surface area (Å²) in [4.78, 5) is 4.70. The van der Waals surface area contributed by atoms with E-state index in [-0.39, 0.29) is 6.54 Å². The molecule has 0 spiro atoms. The van der Waals surface area contributed by atoms with Crippen LogP contribution in [0.25, 0.3) is 0 Å². The van der Waals surface area contributed by atoms with Crippen molar-refractivity contribution >= 4 is 31.7 Å². The summed E-state index contributed by atoms with van der Waals surface area (Å²) in [7, 11) is -3.46. The molecule has 0 aliphatic heterocycles. The normalized spacial score (nSPS) is 11.9. The molecule has 2 N–H and O–H groups in total. The summed E-state index contributed by atoms with van der Waals surface area (Å²) in [6, 6.07) is 6.69. The zero-order chi connectivity index (χ0) is 16.8. The molecule has 0 radical (unpaired) electrons. The van der Waals surface area contributed by atoms with Crippen LogP contribution in [0.5, 0.6) is 0 Å². The summed E-state index contributed by atoms with van der Waals surface area (Å²) in [5, 5.41) is 6.19. The number of nitrogens with zero attached hydrogens (tertiary/aromatic N) is 1. The van der Waals surface area contributed by atoms with Gasteiger partial charge in [0, 0.05) is 17.6 Å². The van der Waals surface area contributed by atoms with Crippen molar-refractivity contribution in [3.8, 4) is 0 Å².